The molecule has 0 aromatic carbocycles. The lowest BCUT2D eigenvalue weighted by Crippen LogP contribution is -2.30. The first-order chi connectivity index (χ1) is 11.2. The molecule has 0 heterocycles. The zero-order valence-electron chi connectivity index (χ0n) is 14.4. The summed E-state index contributed by atoms with van der Waals surface area (Å²) in [5, 5.41) is 0. The Kier molecular flexibility index (Phi) is 7.00. The van der Waals surface area contributed by atoms with Crippen molar-refractivity contribution >= 4 is 10.1 Å². The maximum absolute atomic E-state index is 12.3. The normalized spacial score (nSPS) is 32.7. The Bertz CT molecular complexity index is 474. The molecule has 0 saturated heterocycles. The van der Waals surface area contributed by atoms with E-state index in [1.54, 1.807) is 0 Å². The first kappa shape index (κ1) is 20.0. The van der Waals surface area contributed by atoms with Crippen LogP contribution in [0.5, 0.6) is 0 Å². The Labute approximate surface area is 143 Å². The van der Waals surface area contributed by atoms with E-state index in [2.05, 4.69) is 11.1 Å². The third-order valence-electron chi connectivity index (χ3n) is 5.89. The van der Waals surface area contributed by atoms with Gasteiger partial charge in [-0.05, 0) is 62.2 Å². The van der Waals surface area contributed by atoms with E-state index in [1.807, 2.05) is 0 Å². The molecule has 0 aromatic heterocycles. The van der Waals surface area contributed by atoms with Crippen LogP contribution in [0.2, 0.25) is 0 Å². The van der Waals surface area contributed by atoms with Crippen molar-refractivity contribution in [1.82, 2.24) is 0 Å². The summed E-state index contributed by atoms with van der Waals surface area (Å²) in [5.74, 6) is 2.21. The van der Waals surface area contributed by atoms with Crippen molar-refractivity contribution in [2.75, 3.05) is 6.61 Å². The largest absolute Gasteiger partial charge is 0.523 e. The Morgan fingerprint density at radius 3 is 1.75 bits per heavy atom. The molecule has 24 heavy (non-hydrogen) atoms. The van der Waals surface area contributed by atoms with Gasteiger partial charge in [0.1, 0.15) is 0 Å². The lowest BCUT2D eigenvalue weighted by atomic mass is 9.69. The predicted molar refractivity (Wildman–Crippen MR) is 86.7 cm³/mol. The standard InChI is InChI=1S/C17H29F3O3S/c1-2-3-13-4-8-15(9-5-13)16-10-6-14(7-11-16)12-23-24(21,22)17(18,19)20/h13-16H,2-12H2,1H3. The van der Waals surface area contributed by atoms with Crippen LogP contribution >= 0.6 is 0 Å². The van der Waals surface area contributed by atoms with Gasteiger partial charge < -0.3 is 0 Å². The van der Waals surface area contributed by atoms with Gasteiger partial charge in [0.25, 0.3) is 0 Å². The lowest BCUT2D eigenvalue weighted by molar-refractivity contribution is -0.0555. The van der Waals surface area contributed by atoms with Crippen LogP contribution < -0.4 is 0 Å². The number of hydrogen-bond donors (Lipinski definition) is 0. The van der Waals surface area contributed by atoms with Gasteiger partial charge >= 0.3 is 15.6 Å². The number of alkyl halides is 3. The predicted octanol–water partition coefficient (Wildman–Crippen LogP) is 5.27. The van der Waals surface area contributed by atoms with Crippen molar-refractivity contribution in [1.29, 1.82) is 0 Å². The molecule has 0 aromatic rings. The molecule has 2 fully saturated rings. The highest BCUT2D eigenvalue weighted by Gasteiger charge is 2.47. The molecule has 2 rings (SSSR count). The minimum absolute atomic E-state index is 0.0743. The molecule has 2 aliphatic rings. The summed E-state index contributed by atoms with van der Waals surface area (Å²) in [6.07, 6.45) is 11.3. The molecule has 0 bridgehead atoms. The average Bonchev–Trinajstić information content (AvgIpc) is 2.54. The SMILES string of the molecule is CCCC1CCC(C2CCC(COS(=O)(=O)C(F)(F)F)CC2)CC1. The van der Waals surface area contributed by atoms with Gasteiger partial charge in [-0.2, -0.15) is 21.6 Å². The Hall–Kier alpha value is -0.300. The zero-order chi connectivity index (χ0) is 17.8. The Morgan fingerprint density at radius 2 is 1.33 bits per heavy atom. The molecule has 0 radical (unpaired) electrons. The number of hydrogen-bond acceptors (Lipinski definition) is 3. The summed E-state index contributed by atoms with van der Waals surface area (Å²) in [6.45, 7) is 1.90. The highest BCUT2D eigenvalue weighted by Crippen LogP contribution is 2.42. The highest BCUT2D eigenvalue weighted by molar-refractivity contribution is 7.87. The van der Waals surface area contributed by atoms with Crippen LogP contribution in [0.3, 0.4) is 0 Å². The quantitative estimate of drug-likeness (QED) is 0.473. The van der Waals surface area contributed by atoms with Crippen LogP contribution in [0.1, 0.15) is 71.1 Å². The molecule has 0 aliphatic heterocycles. The molecular formula is C17H29F3O3S. The second kappa shape index (κ2) is 8.39. The van der Waals surface area contributed by atoms with Gasteiger partial charge in [-0.3, -0.25) is 4.18 Å². The third kappa shape index (κ3) is 5.35. The molecular weight excluding hydrogens is 341 g/mol. The molecule has 3 nitrogen and oxygen atoms in total. The molecule has 0 N–H and O–H groups in total. The summed E-state index contributed by atoms with van der Waals surface area (Å²) in [5.41, 5.74) is -5.32. The molecule has 2 aliphatic carbocycles. The van der Waals surface area contributed by atoms with Crippen LogP contribution in [-0.2, 0) is 14.3 Å². The van der Waals surface area contributed by atoms with Crippen molar-refractivity contribution in [3.8, 4) is 0 Å². The van der Waals surface area contributed by atoms with E-state index in [9.17, 15) is 21.6 Å². The van der Waals surface area contributed by atoms with Gasteiger partial charge in [-0.1, -0.05) is 32.6 Å². The van der Waals surface area contributed by atoms with Crippen LogP contribution in [-0.4, -0.2) is 20.5 Å². The first-order valence-electron chi connectivity index (χ1n) is 9.18. The lowest BCUT2D eigenvalue weighted by Gasteiger charge is -2.37. The third-order valence-corrected chi connectivity index (χ3v) is 6.90. The second-order valence-electron chi connectivity index (χ2n) is 7.53. The summed E-state index contributed by atoms with van der Waals surface area (Å²) < 4.78 is 62.9. The summed E-state index contributed by atoms with van der Waals surface area (Å²) in [7, 11) is -5.44. The van der Waals surface area contributed by atoms with Crippen molar-refractivity contribution in [2.45, 2.75) is 76.6 Å². The maximum atomic E-state index is 12.3. The summed E-state index contributed by atoms with van der Waals surface area (Å²) >= 11 is 0. The van der Waals surface area contributed by atoms with Gasteiger partial charge in [0.05, 0.1) is 6.61 Å². The van der Waals surface area contributed by atoms with E-state index in [0.29, 0.717) is 5.92 Å². The Balaban J connectivity index is 1.71. The molecule has 7 heteroatoms. The fourth-order valence-corrected chi connectivity index (χ4v) is 4.94. The topological polar surface area (TPSA) is 43.4 Å². The number of rotatable bonds is 6. The van der Waals surface area contributed by atoms with E-state index >= 15 is 0 Å². The van der Waals surface area contributed by atoms with Gasteiger partial charge in [-0.25, -0.2) is 0 Å². The maximum Gasteiger partial charge on any atom is 0.523 e. The van der Waals surface area contributed by atoms with Crippen LogP contribution in [0.4, 0.5) is 13.2 Å². The molecule has 0 unspecified atom stereocenters. The average molecular weight is 370 g/mol. The smallest absolute Gasteiger partial charge is 0.263 e. The van der Waals surface area contributed by atoms with Gasteiger partial charge in [0, 0.05) is 0 Å². The Morgan fingerprint density at radius 1 is 0.875 bits per heavy atom. The monoisotopic (exact) mass is 370 g/mol. The van der Waals surface area contributed by atoms with Gasteiger partial charge in [0.15, 0.2) is 0 Å². The molecule has 0 amide bonds. The van der Waals surface area contributed by atoms with E-state index in [1.165, 1.54) is 38.5 Å². The molecule has 142 valence electrons. The van der Waals surface area contributed by atoms with Crippen LogP contribution in [0, 0.1) is 23.7 Å². The highest BCUT2D eigenvalue weighted by atomic mass is 32.2. The van der Waals surface area contributed by atoms with Crippen LogP contribution in [0.25, 0.3) is 0 Å². The van der Waals surface area contributed by atoms with Crippen molar-refractivity contribution in [2.24, 2.45) is 23.7 Å². The summed E-state index contributed by atoms with van der Waals surface area (Å²) in [6, 6.07) is 0. The molecule has 0 spiro atoms. The van der Waals surface area contributed by atoms with Crippen molar-refractivity contribution < 1.29 is 25.8 Å². The van der Waals surface area contributed by atoms with Crippen molar-refractivity contribution in [3.63, 3.8) is 0 Å². The van der Waals surface area contributed by atoms with Gasteiger partial charge in [0.2, 0.25) is 0 Å². The van der Waals surface area contributed by atoms with Crippen molar-refractivity contribution in [3.05, 3.63) is 0 Å². The van der Waals surface area contributed by atoms with E-state index in [4.69, 9.17) is 0 Å². The van der Waals surface area contributed by atoms with E-state index in [-0.39, 0.29) is 12.5 Å². The minimum Gasteiger partial charge on any atom is -0.263 e. The van der Waals surface area contributed by atoms with E-state index < -0.39 is 15.6 Å². The van der Waals surface area contributed by atoms with Crippen LogP contribution in [0.15, 0.2) is 0 Å². The summed E-state index contributed by atoms with van der Waals surface area (Å²) in [4.78, 5) is 0. The minimum atomic E-state index is -5.44. The second-order valence-corrected chi connectivity index (χ2v) is 9.14. The molecule has 0 atom stereocenters. The van der Waals surface area contributed by atoms with E-state index in [0.717, 1.165) is 37.5 Å². The zero-order valence-corrected chi connectivity index (χ0v) is 15.2. The number of halogens is 3. The fraction of sp³-hybridized carbons (Fsp3) is 1.00. The first-order valence-corrected chi connectivity index (χ1v) is 10.6. The molecule has 2 saturated carbocycles. The fourth-order valence-electron chi connectivity index (χ4n) is 4.44. The van der Waals surface area contributed by atoms with Gasteiger partial charge in [-0.15, -0.1) is 0 Å².